The van der Waals surface area contributed by atoms with E-state index in [-0.39, 0.29) is 35.9 Å². The molecule has 170 valence electrons. The molecular formula is C25H34O6. The van der Waals surface area contributed by atoms with E-state index in [9.17, 15) is 24.6 Å². The summed E-state index contributed by atoms with van der Waals surface area (Å²) in [7, 11) is 0. The summed E-state index contributed by atoms with van der Waals surface area (Å²) in [6.07, 6.45) is 7.32. The lowest BCUT2D eigenvalue weighted by atomic mass is 9.46. The number of hydrogen-bond acceptors (Lipinski definition) is 6. The van der Waals surface area contributed by atoms with Crippen molar-refractivity contribution in [3.8, 4) is 0 Å². The number of allylic oxidation sites excluding steroid dienone is 4. The molecule has 0 amide bonds. The van der Waals surface area contributed by atoms with Crippen molar-refractivity contribution in [2.45, 2.75) is 71.5 Å². The summed E-state index contributed by atoms with van der Waals surface area (Å²) >= 11 is 0. The summed E-state index contributed by atoms with van der Waals surface area (Å²) in [4.78, 5) is 37.6. The fraction of sp³-hybridized carbons (Fsp3) is 0.720. The monoisotopic (exact) mass is 430 g/mol. The SMILES string of the molecule is CCC(=O)O[C@]1(C(=O)CO)[C@H](C)C[C@H]2[C@@H]3CCC4=CC(=O)C=C[C@]4(C)C3[C@@H](O)C[C@@]21C. The Morgan fingerprint density at radius 3 is 2.65 bits per heavy atom. The van der Waals surface area contributed by atoms with Crippen molar-refractivity contribution < 1.29 is 29.3 Å². The van der Waals surface area contributed by atoms with Gasteiger partial charge in [0, 0.05) is 29.1 Å². The van der Waals surface area contributed by atoms with Crippen molar-refractivity contribution in [2.75, 3.05) is 6.61 Å². The van der Waals surface area contributed by atoms with Crippen LogP contribution in [0.5, 0.6) is 0 Å². The minimum Gasteiger partial charge on any atom is -0.450 e. The Labute approximate surface area is 183 Å². The van der Waals surface area contributed by atoms with Crippen molar-refractivity contribution in [3.05, 3.63) is 23.8 Å². The first kappa shape index (κ1) is 22.4. The molecule has 0 aromatic carbocycles. The van der Waals surface area contributed by atoms with Crippen LogP contribution in [-0.2, 0) is 19.1 Å². The molecule has 0 radical (unpaired) electrons. The molecule has 8 atom stereocenters. The zero-order valence-corrected chi connectivity index (χ0v) is 18.9. The fourth-order valence-corrected chi connectivity index (χ4v) is 7.88. The van der Waals surface area contributed by atoms with Crippen LogP contribution in [0.1, 0.15) is 59.8 Å². The van der Waals surface area contributed by atoms with Gasteiger partial charge in [-0.1, -0.05) is 39.3 Å². The zero-order valence-electron chi connectivity index (χ0n) is 18.9. The molecule has 4 aliphatic carbocycles. The number of ether oxygens (including phenoxy) is 1. The Morgan fingerprint density at radius 1 is 1.29 bits per heavy atom. The molecule has 0 heterocycles. The normalized spacial score (nSPS) is 45.9. The molecule has 31 heavy (non-hydrogen) atoms. The lowest BCUT2D eigenvalue weighted by Gasteiger charge is -2.60. The first-order valence-corrected chi connectivity index (χ1v) is 11.5. The smallest absolute Gasteiger partial charge is 0.306 e. The van der Waals surface area contributed by atoms with Gasteiger partial charge in [0.2, 0.25) is 5.78 Å². The topological polar surface area (TPSA) is 101 Å². The van der Waals surface area contributed by atoms with Gasteiger partial charge in [0.05, 0.1) is 6.10 Å². The number of carbonyl (C=O) groups is 3. The van der Waals surface area contributed by atoms with Gasteiger partial charge in [-0.05, 0) is 49.7 Å². The summed E-state index contributed by atoms with van der Waals surface area (Å²) < 4.78 is 5.93. The zero-order chi connectivity index (χ0) is 22.8. The van der Waals surface area contributed by atoms with Gasteiger partial charge in [0.25, 0.3) is 0 Å². The van der Waals surface area contributed by atoms with Crippen LogP contribution in [0, 0.1) is 34.5 Å². The van der Waals surface area contributed by atoms with E-state index in [0.29, 0.717) is 12.8 Å². The second kappa shape index (κ2) is 7.38. The molecule has 0 aromatic rings. The van der Waals surface area contributed by atoms with Gasteiger partial charge >= 0.3 is 5.97 Å². The predicted octanol–water partition coefficient (Wildman–Crippen LogP) is 2.76. The van der Waals surface area contributed by atoms with Gasteiger partial charge in [0.1, 0.15) is 6.61 Å². The standard InChI is InChI=1S/C25H34O6/c1-5-21(30)31-25(20(29)13-26)14(2)10-18-17-7-6-15-11-16(27)8-9-23(15,3)22(17)19(28)12-24(18,25)4/h8-9,11,14,17-19,22,26,28H,5-7,10,12-13H2,1-4H3/t14-,17+,18+,19+,22?,23+,24+,25+/m1/s1. The van der Waals surface area contributed by atoms with Crippen LogP contribution in [0.4, 0.5) is 0 Å². The van der Waals surface area contributed by atoms with Crippen molar-refractivity contribution in [2.24, 2.45) is 34.5 Å². The number of hydrogen-bond donors (Lipinski definition) is 2. The highest BCUT2D eigenvalue weighted by atomic mass is 16.6. The van der Waals surface area contributed by atoms with Crippen molar-refractivity contribution in [1.29, 1.82) is 0 Å². The number of aliphatic hydroxyl groups excluding tert-OH is 2. The van der Waals surface area contributed by atoms with E-state index >= 15 is 0 Å². The van der Waals surface area contributed by atoms with Crippen LogP contribution < -0.4 is 0 Å². The molecule has 1 unspecified atom stereocenters. The van der Waals surface area contributed by atoms with Crippen molar-refractivity contribution in [3.63, 3.8) is 0 Å². The number of fused-ring (bicyclic) bond motifs is 5. The highest BCUT2D eigenvalue weighted by Crippen LogP contribution is 2.69. The molecule has 0 bridgehead atoms. The number of Topliss-reactive ketones (excluding diaryl/α,β-unsaturated/α-hetero) is 1. The Balaban J connectivity index is 1.80. The van der Waals surface area contributed by atoms with Gasteiger partial charge in [-0.2, -0.15) is 0 Å². The van der Waals surface area contributed by atoms with E-state index in [1.54, 1.807) is 19.1 Å². The van der Waals surface area contributed by atoms with E-state index in [0.717, 1.165) is 18.4 Å². The summed E-state index contributed by atoms with van der Waals surface area (Å²) in [5.41, 5.74) is -1.51. The van der Waals surface area contributed by atoms with E-state index in [4.69, 9.17) is 4.74 Å². The maximum absolute atomic E-state index is 13.2. The Bertz CT molecular complexity index is 873. The molecule has 0 saturated heterocycles. The molecule has 0 aromatic heterocycles. The van der Waals surface area contributed by atoms with Crippen LogP contribution in [-0.4, -0.2) is 46.1 Å². The number of aliphatic hydroxyl groups is 2. The lowest BCUT2D eigenvalue weighted by molar-refractivity contribution is -0.205. The Morgan fingerprint density at radius 2 is 2.00 bits per heavy atom. The highest BCUT2D eigenvalue weighted by Gasteiger charge is 2.72. The Kier molecular flexibility index (Phi) is 5.33. The summed E-state index contributed by atoms with van der Waals surface area (Å²) in [5.74, 6) is -1.05. The molecular weight excluding hydrogens is 396 g/mol. The molecule has 2 N–H and O–H groups in total. The average molecular weight is 431 g/mol. The average Bonchev–Trinajstić information content (AvgIpc) is 2.94. The molecule has 6 nitrogen and oxygen atoms in total. The first-order valence-electron chi connectivity index (χ1n) is 11.5. The molecule has 4 rings (SSSR count). The quantitative estimate of drug-likeness (QED) is 0.665. The molecule has 3 fully saturated rings. The molecule has 4 aliphatic rings. The first-order chi connectivity index (χ1) is 14.5. The third kappa shape index (κ3) is 2.87. The summed E-state index contributed by atoms with van der Waals surface area (Å²) in [5, 5.41) is 21.3. The maximum Gasteiger partial charge on any atom is 0.306 e. The maximum atomic E-state index is 13.2. The second-order valence-electron chi connectivity index (χ2n) is 10.5. The van der Waals surface area contributed by atoms with Gasteiger partial charge in [-0.3, -0.25) is 14.4 Å². The van der Waals surface area contributed by atoms with E-state index in [1.165, 1.54) is 0 Å². The number of carbonyl (C=O) groups excluding carboxylic acids is 3. The van der Waals surface area contributed by atoms with Gasteiger partial charge in [-0.15, -0.1) is 0 Å². The van der Waals surface area contributed by atoms with Gasteiger partial charge < -0.3 is 14.9 Å². The lowest BCUT2D eigenvalue weighted by Crippen LogP contribution is -2.64. The molecule has 3 saturated carbocycles. The van der Waals surface area contributed by atoms with Crippen LogP contribution in [0.3, 0.4) is 0 Å². The minimum absolute atomic E-state index is 0.00501. The van der Waals surface area contributed by atoms with E-state index in [1.807, 2.05) is 19.9 Å². The van der Waals surface area contributed by atoms with Crippen LogP contribution in [0.2, 0.25) is 0 Å². The van der Waals surface area contributed by atoms with Crippen molar-refractivity contribution >= 4 is 17.5 Å². The predicted molar refractivity (Wildman–Crippen MR) is 114 cm³/mol. The molecule has 6 heteroatoms. The third-order valence-electron chi connectivity index (χ3n) is 9.16. The highest BCUT2D eigenvalue weighted by molar-refractivity contribution is 6.01. The number of rotatable bonds is 4. The minimum atomic E-state index is -1.43. The van der Waals surface area contributed by atoms with Crippen molar-refractivity contribution in [1.82, 2.24) is 0 Å². The van der Waals surface area contributed by atoms with Crippen LogP contribution in [0.15, 0.2) is 23.8 Å². The summed E-state index contributed by atoms with van der Waals surface area (Å²) in [6.45, 7) is 6.99. The van der Waals surface area contributed by atoms with Gasteiger partial charge in [0.15, 0.2) is 11.4 Å². The van der Waals surface area contributed by atoms with Crippen LogP contribution >= 0.6 is 0 Å². The van der Waals surface area contributed by atoms with E-state index < -0.39 is 40.9 Å². The molecule has 0 aliphatic heterocycles. The second-order valence-corrected chi connectivity index (χ2v) is 10.5. The summed E-state index contributed by atoms with van der Waals surface area (Å²) in [6, 6.07) is 0. The fourth-order valence-electron chi connectivity index (χ4n) is 7.88. The Hall–Kier alpha value is -1.79. The number of ketones is 2. The molecule has 0 spiro atoms. The van der Waals surface area contributed by atoms with Gasteiger partial charge in [-0.25, -0.2) is 0 Å². The third-order valence-corrected chi connectivity index (χ3v) is 9.16. The van der Waals surface area contributed by atoms with E-state index in [2.05, 4.69) is 6.92 Å². The number of esters is 1. The van der Waals surface area contributed by atoms with Crippen LogP contribution in [0.25, 0.3) is 0 Å². The largest absolute Gasteiger partial charge is 0.450 e.